The summed E-state index contributed by atoms with van der Waals surface area (Å²) in [6, 6.07) is 4.56. The zero-order valence-corrected chi connectivity index (χ0v) is 19.0. The molecule has 0 aliphatic heterocycles. The molecular weight excluding hydrogens is 402 g/mol. The van der Waals surface area contributed by atoms with Crippen LogP contribution in [0.1, 0.15) is 62.5 Å². The first-order chi connectivity index (χ1) is 15.6. The molecule has 0 unspecified atom stereocenters. The van der Waals surface area contributed by atoms with Gasteiger partial charge in [0, 0.05) is 36.2 Å². The van der Waals surface area contributed by atoms with Gasteiger partial charge >= 0.3 is 0 Å². The van der Waals surface area contributed by atoms with Crippen LogP contribution in [-0.2, 0) is 16.6 Å². The summed E-state index contributed by atoms with van der Waals surface area (Å²) in [5.41, 5.74) is 18.2. The first-order valence-corrected chi connectivity index (χ1v) is 12.0. The van der Waals surface area contributed by atoms with Crippen molar-refractivity contribution in [3.63, 3.8) is 0 Å². The maximum absolute atomic E-state index is 6.58. The van der Waals surface area contributed by atoms with E-state index < -0.39 is 0 Å². The molecule has 0 saturated heterocycles. The quantitative estimate of drug-likeness (QED) is 0.590. The molecule has 0 amide bonds. The number of aromatic nitrogens is 2. The first kappa shape index (κ1) is 21.5. The van der Waals surface area contributed by atoms with Gasteiger partial charge in [-0.05, 0) is 62.6 Å². The number of nitrogens with zero attached hydrogens (tertiary/aromatic N) is 2. The lowest BCUT2D eigenvalue weighted by Gasteiger charge is -2.38. The molecule has 3 aliphatic rings. The predicted octanol–water partition coefficient (Wildman–Crippen LogP) is 3.80. The molecule has 7 heteroatoms. The largest absolute Gasteiger partial charge is 0.488 e. The zero-order valence-electron chi connectivity index (χ0n) is 19.0. The number of ether oxygens (including phenoxy) is 2. The van der Waals surface area contributed by atoms with Crippen LogP contribution in [0.4, 0.5) is 11.5 Å². The Morgan fingerprint density at radius 3 is 2.66 bits per heavy atom. The molecule has 1 aromatic heterocycles. The molecule has 2 fully saturated rings. The summed E-state index contributed by atoms with van der Waals surface area (Å²) in [7, 11) is 1.73. The highest BCUT2D eigenvalue weighted by Gasteiger charge is 2.44. The summed E-state index contributed by atoms with van der Waals surface area (Å²) in [4.78, 5) is 9.10. The minimum absolute atomic E-state index is 0.0155. The third kappa shape index (κ3) is 3.82. The Kier molecular flexibility index (Phi) is 5.95. The molecule has 1 heterocycles. The monoisotopic (exact) mass is 437 g/mol. The van der Waals surface area contributed by atoms with Gasteiger partial charge in [0.15, 0.2) is 0 Å². The fraction of sp³-hybridized carbons (Fsp3) is 0.600. The second kappa shape index (κ2) is 8.87. The molecule has 7 nitrogen and oxygen atoms in total. The van der Waals surface area contributed by atoms with Crippen LogP contribution in [0, 0.1) is 0 Å². The molecule has 0 radical (unpaired) electrons. The van der Waals surface area contributed by atoms with Crippen LogP contribution in [0.5, 0.6) is 5.75 Å². The lowest BCUT2D eigenvalue weighted by Crippen LogP contribution is -2.33. The van der Waals surface area contributed by atoms with Gasteiger partial charge in [-0.1, -0.05) is 12.8 Å². The SMILES string of the molecule is COCCNc1c(O[C@H]2CC[C@H](N)CC2)ccc2c1CC1(CCCC1)c1c(N)ncnc1-2. The van der Waals surface area contributed by atoms with Crippen LogP contribution in [0.2, 0.25) is 0 Å². The van der Waals surface area contributed by atoms with Crippen LogP contribution < -0.4 is 21.5 Å². The van der Waals surface area contributed by atoms with E-state index in [-0.39, 0.29) is 11.5 Å². The summed E-state index contributed by atoms with van der Waals surface area (Å²) in [6.45, 7) is 1.36. The Labute approximate surface area is 190 Å². The van der Waals surface area contributed by atoms with Crippen molar-refractivity contribution in [3.05, 3.63) is 29.6 Å². The van der Waals surface area contributed by atoms with E-state index in [2.05, 4.69) is 22.4 Å². The average molecular weight is 438 g/mol. The van der Waals surface area contributed by atoms with Crippen molar-refractivity contribution in [2.45, 2.75) is 75.3 Å². The lowest BCUT2D eigenvalue weighted by molar-refractivity contribution is 0.147. The summed E-state index contributed by atoms with van der Waals surface area (Å²) < 4.78 is 11.9. The number of nitrogens with one attached hydrogen (secondary N) is 1. The third-order valence-corrected chi connectivity index (χ3v) is 7.63. The van der Waals surface area contributed by atoms with Gasteiger partial charge in [-0.25, -0.2) is 9.97 Å². The van der Waals surface area contributed by atoms with Crippen molar-refractivity contribution < 1.29 is 9.47 Å². The van der Waals surface area contributed by atoms with Gasteiger partial charge in [-0.15, -0.1) is 0 Å². The Balaban J connectivity index is 1.58. The van der Waals surface area contributed by atoms with E-state index in [1.165, 1.54) is 18.4 Å². The molecule has 0 atom stereocenters. The van der Waals surface area contributed by atoms with Gasteiger partial charge in [0.05, 0.1) is 24.1 Å². The normalized spacial score (nSPS) is 23.6. The zero-order chi connectivity index (χ0) is 22.1. The summed E-state index contributed by atoms with van der Waals surface area (Å²) in [5.74, 6) is 1.56. The Hall–Kier alpha value is -2.38. The molecule has 172 valence electrons. The lowest BCUT2D eigenvalue weighted by atomic mass is 9.67. The number of fused-ring (bicyclic) bond motifs is 4. The minimum Gasteiger partial charge on any atom is -0.488 e. The Morgan fingerprint density at radius 1 is 1.12 bits per heavy atom. The average Bonchev–Trinajstić information content (AvgIpc) is 3.25. The Bertz CT molecular complexity index is 965. The molecule has 0 bridgehead atoms. The molecule has 2 saturated carbocycles. The van der Waals surface area contributed by atoms with E-state index in [1.54, 1.807) is 13.4 Å². The van der Waals surface area contributed by atoms with Crippen molar-refractivity contribution in [1.29, 1.82) is 0 Å². The van der Waals surface area contributed by atoms with Gasteiger partial charge in [0.1, 0.15) is 17.9 Å². The van der Waals surface area contributed by atoms with Crippen molar-refractivity contribution >= 4 is 11.5 Å². The van der Waals surface area contributed by atoms with Gasteiger partial charge in [0.25, 0.3) is 0 Å². The molecule has 32 heavy (non-hydrogen) atoms. The minimum atomic E-state index is 0.0155. The van der Waals surface area contributed by atoms with Gasteiger partial charge in [-0.2, -0.15) is 0 Å². The number of methoxy groups -OCH3 is 1. The topological polar surface area (TPSA) is 108 Å². The highest BCUT2D eigenvalue weighted by atomic mass is 16.5. The highest BCUT2D eigenvalue weighted by Crippen LogP contribution is 2.54. The number of hydrogen-bond donors (Lipinski definition) is 3. The third-order valence-electron chi connectivity index (χ3n) is 7.63. The van der Waals surface area contributed by atoms with Crippen molar-refractivity contribution in [2.24, 2.45) is 5.73 Å². The van der Waals surface area contributed by atoms with E-state index in [0.29, 0.717) is 18.5 Å². The fourth-order valence-corrected chi connectivity index (χ4v) is 6.02. The number of benzene rings is 1. The number of anilines is 2. The molecule has 1 aromatic carbocycles. The second-order valence-electron chi connectivity index (χ2n) is 9.69. The van der Waals surface area contributed by atoms with Gasteiger partial charge in [-0.3, -0.25) is 0 Å². The molecule has 5 rings (SSSR count). The van der Waals surface area contributed by atoms with E-state index in [9.17, 15) is 0 Å². The highest BCUT2D eigenvalue weighted by molar-refractivity contribution is 5.83. The summed E-state index contributed by atoms with van der Waals surface area (Å²) in [5, 5.41) is 3.64. The molecule has 3 aliphatic carbocycles. The van der Waals surface area contributed by atoms with E-state index in [4.69, 9.17) is 25.9 Å². The number of nitrogen functional groups attached to an aromatic ring is 1. The number of rotatable bonds is 6. The predicted molar refractivity (Wildman–Crippen MR) is 127 cm³/mol. The van der Waals surface area contributed by atoms with Crippen LogP contribution >= 0.6 is 0 Å². The smallest absolute Gasteiger partial charge is 0.143 e. The van der Waals surface area contributed by atoms with Crippen LogP contribution in [0.3, 0.4) is 0 Å². The molecular formula is C25H35N5O2. The van der Waals surface area contributed by atoms with Crippen molar-refractivity contribution in [1.82, 2.24) is 9.97 Å². The maximum Gasteiger partial charge on any atom is 0.143 e. The second-order valence-corrected chi connectivity index (χ2v) is 9.69. The molecule has 1 spiro atoms. The van der Waals surface area contributed by atoms with Gasteiger partial charge < -0.3 is 26.3 Å². The van der Waals surface area contributed by atoms with Gasteiger partial charge in [0.2, 0.25) is 0 Å². The number of nitrogens with two attached hydrogens (primary N) is 2. The Morgan fingerprint density at radius 2 is 1.91 bits per heavy atom. The van der Waals surface area contributed by atoms with E-state index >= 15 is 0 Å². The summed E-state index contributed by atoms with van der Waals surface area (Å²) >= 11 is 0. The van der Waals surface area contributed by atoms with E-state index in [0.717, 1.165) is 79.7 Å². The van der Waals surface area contributed by atoms with Crippen molar-refractivity contribution in [2.75, 3.05) is 31.3 Å². The standard InChI is InChI=1S/C25H35N5O2/c1-31-13-12-28-22-19-14-25(10-2-3-11-25)21-23(29-15-30-24(21)27)18(19)8-9-20(22)32-17-6-4-16(26)5-7-17/h8-9,15-17,28H,2-7,10-14,26H2,1H3,(H2,27,29,30)/t16-,17-. The maximum atomic E-state index is 6.58. The molecule has 2 aromatic rings. The first-order valence-electron chi connectivity index (χ1n) is 12.0. The van der Waals surface area contributed by atoms with Crippen molar-refractivity contribution in [3.8, 4) is 17.0 Å². The fourth-order valence-electron chi connectivity index (χ4n) is 6.02. The summed E-state index contributed by atoms with van der Waals surface area (Å²) in [6.07, 6.45) is 11.5. The van der Waals surface area contributed by atoms with Crippen LogP contribution in [0.15, 0.2) is 18.5 Å². The van der Waals surface area contributed by atoms with Crippen LogP contribution in [-0.4, -0.2) is 42.4 Å². The number of hydrogen-bond acceptors (Lipinski definition) is 7. The molecule has 5 N–H and O–H groups in total. The van der Waals surface area contributed by atoms with Crippen LogP contribution in [0.25, 0.3) is 11.3 Å². The van der Waals surface area contributed by atoms with E-state index in [1.807, 2.05) is 0 Å².